The van der Waals surface area contributed by atoms with E-state index in [9.17, 15) is 9.50 Å². The first-order valence-electron chi connectivity index (χ1n) is 5.07. The summed E-state index contributed by atoms with van der Waals surface area (Å²) in [5, 5.41) is 10.6. The Balaban J connectivity index is 2.58. The van der Waals surface area contributed by atoms with Gasteiger partial charge in [-0.3, -0.25) is 4.39 Å². The van der Waals surface area contributed by atoms with Crippen LogP contribution < -0.4 is 0 Å². The first kappa shape index (κ1) is 11.2. The van der Waals surface area contributed by atoms with Gasteiger partial charge >= 0.3 is 0 Å². The van der Waals surface area contributed by atoms with Gasteiger partial charge in [-0.2, -0.15) is 0 Å². The highest BCUT2D eigenvalue weighted by Gasteiger charge is 2.10. The highest BCUT2D eigenvalue weighted by atomic mass is 19.1. The number of alkyl halides is 1. The summed E-state index contributed by atoms with van der Waals surface area (Å²) in [4.78, 5) is 0. The van der Waals surface area contributed by atoms with Gasteiger partial charge in [0.2, 0.25) is 0 Å². The summed E-state index contributed by atoms with van der Waals surface area (Å²) in [5.74, 6) is 0.240. The second-order valence-electron chi connectivity index (χ2n) is 3.43. The van der Waals surface area contributed by atoms with E-state index < -0.39 is 0 Å². The fraction of sp³-hybridized carbons (Fsp3) is 0.500. The van der Waals surface area contributed by atoms with Crippen LogP contribution in [0.4, 0.5) is 4.39 Å². The van der Waals surface area contributed by atoms with Gasteiger partial charge in [0.1, 0.15) is 0 Å². The molecule has 0 aromatic heterocycles. The Labute approximate surface area is 84.6 Å². The quantitative estimate of drug-likeness (QED) is 0.663. The van der Waals surface area contributed by atoms with Crippen LogP contribution in [-0.2, 0) is 5.11 Å². The maximum atomic E-state index is 12.0. The van der Waals surface area contributed by atoms with Crippen LogP contribution >= 0.6 is 0 Å². The van der Waals surface area contributed by atoms with E-state index in [1.807, 2.05) is 30.3 Å². The minimum Gasteiger partial charge on any atom is -0.251 e. The molecule has 2 heteroatoms. The van der Waals surface area contributed by atoms with E-state index in [2.05, 4.69) is 0 Å². The molecule has 0 heterocycles. The third-order valence-corrected chi connectivity index (χ3v) is 2.42. The average Bonchev–Trinajstić information content (AvgIpc) is 2.25. The van der Waals surface area contributed by atoms with Crippen molar-refractivity contribution in [1.29, 1.82) is 0 Å². The Kier molecular flexibility index (Phi) is 5.23. The Hall–Kier alpha value is -0.890. The summed E-state index contributed by atoms with van der Waals surface area (Å²) in [5.41, 5.74) is 1.16. The molecule has 1 nitrogen and oxygen atoms in total. The third-order valence-electron chi connectivity index (χ3n) is 2.42. The van der Waals surface area contributed by atoms with Crippen molar-refractivity contribution in [3.05, 3.63) is 35.9 Å². The normalized spacial score (nSPS) is 12.7. The largest absolute Gasteiger partial charge is 0.251 e. The molecule has 1 aromatic carbocycles. The zero-order valence-corrected chi connectivity index (χ0v) is 8.29. The Bertz CT molecular complexity index is 235. The van der Waals surface area contributed by atoms with Crippen LogP contribution in [0, 0.1) is 0 Å². The Morgan fingerprint density at radius 3 is 2.43 bits per heavy atom. The van der Waals surface area contributed by atoms with Crippen molar-refractivity contribution in [2.24, 2.45) is 0 Å². The number of halogens is 1. The lowest BCUT2D eigenvalue weighted by molar-refractivity contribution is 0.179. The molecule has 1 aromatic rings. The molecule has 1 radical (unpaired) electrons. The molecule has 14 heavy (non-hydrogen) atoms. The molecule has 1 unspecified atom stereocenters. The lowest BCUT2D eigenvalue weighted by atomic mass is 9.92. The molecule has 0 fully saturated rings. The maximum absolute atomic E-state index is 12.0. The van der Waals surface area contributed by atoms with E-state index >= 15 is 0 Å². The van der Waals surface area contributed by atoms with Crippen LogP contribution in [0.2, 0.25) is 0 Å². The standard InChI is InChI=1S/C12H16FO/c13-9-4-7-12(8-10-14)11-5-2-1-3-6-11/h1-3,5-6,12H,4,7-10H2. The van der Waals surface area contributed by atoms with Crippen molar-refractivity contribution >= 4 is 0 Å². The van der Waals surface area contributed by atoms with Gasteiger partial charge in [-0.25, -0.2) is 5.11 Å². The summed E-state index contributed by atoms with van der Waals surface area (Å²) in [7, 11) is 0. The summed E-state index contributed by atoms with van der Waals surface area (Å²) in [6.45, 7) is -0.367. The minimum absolute atomic E-state index is 0.0775. The number of benzene rings is 1. The van der Waals surface area contributed by atoms with E-state index in [0.717, 1.165) is 12.0 Å². The van der Waals surface area contributed by atoms with Gasteiger partial charge in [0.15, 0.2) is 0 Å². The van der Waals surface area contributed by atoms with E-state index in [4.69, 9.17) is 0 Å². The molecular formula is C12H16FO. The minimum atomic E-state index is -0.289. The van der Waals surface area contributed by atoms with E-state index in [1.54, 1.807) is 0 Å². The topological polar surface area (TPSA) is 19.9 Å². The highest BCUT2D eigenvalue weighted by molar-refractivity contribution is 5.19. The van der Waals surface area contributed by atoms with Crippen molar-refractivity contribution in [3.63, 3.8) is 0 Å². The molecule has 0 spiro atoms. The van der Waals surface area contributed by atoms with Gasteiger partial charge in [0.25, 0.3) is 0 Å². The second-order valence-corrected chi connectivity index (χ2v) is 3.43. The van der Waals surface area contributed by atoms with Crippen LogP contribution in [0.3, 0.4) is 0 Å². The van der Waals surface area contributed by atoms with Crippen LogP contribution in [0.15, 0.2) is 30.3 Å². The zero-order chi connectivity index (χ0) is 10.2. The van der Waals surface area contributed by atoms with Crippen LogP contribution in [0.25, 0.3) is 0 Å². The lowest BCUT2D eigenvalue weighted by Crippen LogP contribution is -2.01. The first-order valence-corrected chi connectivity index (χ1v) is 5.07. The fourth-order valence-corrected chi connectivity index (χ4v) is 1.67. The summed E-state index contributed by atoms with van der Waals surface area (Å²) < 4.78 is 12.0. The first-order chi connectivity index (χ1) is 6.88. The van der Waals surface area contributed by atoms with Gasteiger partial charge in [-0.05, 0) is 30.7 Å². The summed E-state index contributed by atoms with van der Waals surface area (Å²) in [6.07, 6.45) is 1.95. The predicted octanol–water partition coefficient (Wildman–Crippen LogP) is 3.34. The molecule has 0 amide bonds. The van der Waals surface area contributed by atoms with E-state index in [-0.39, 0.29) is 19.2 Å². The van der Waals surface area contributed by atoms with Crippen LogP contribution in [-0.4, -0.2) is 13.3 Å². The van der Waals surface area contributed by atoms with Crippen molar-refractivity contribution < 1.29 is 9.50 Å². The van der Waals surface area contributed by atoms with Gasteiger partial charge in [0, 0.05) is 0 Å². The molecule has 0 aliphatic heterocycles. The van der Waals surface area contributed by atoms with Gasteiger partial charge in [-0.1, -0.05) is 30.3 Å². The predicted molar refractivity (Wildman–Crippen MR) is 54.6 cm³/mol. The fourth-order valence-electron chi connectivity index (χ4n) is 1.67. The van der Waals surface area contributed by atoms with Crippen molar-refractivity contribution in [1.82, 2.24) is 0 Å². The van der Waals surface area contributed by atoms with Crippen LogP contribution in [0.1, 0.15) is 30.7 Å². The molecule has 0 aliphatic carbocycles. The molecule has 1 rings (SSSR count). The second kappa shape index (κ2) is 6.55. The molecule has 0 aliphatic rings. The maximum Gasteiger partial charge on any atom is 0.0894 e. The molecule has 0 saturated carbocycles. The van der Waals surface area contributed by atoms with E-state index in [1.165, 1.54) is 0 Å². The molecule has 0 N–H and O–H groups in total. The summed E-state index contributed by atoms with van der Waals surface area (Å²) in [6, 6.07) is 9.90. The average molecular weight is 195 g/mol. The molecule has 1 atom stereocenters. The number of hydrogen-bond acceptors (Lipinski definition) is 0. The molecule has 0 saturated heterocycles. The molecule has 77 valence electrons. The summed E-state index contributed by atoms with van der Waals surface area (Å²) >= 11 is 0. The highest BCUT2D eigenvalue weighted by Crippen LogP contribution is 2.24. The van der Waals surface area contributed by atoms with Gasteiger partial charge in [0.05, 0.1) is 13.3 Å². The monoisotopic (exact) mass is 195 g/mol. The molecule has 0 bridgehead atoms. The van der Waals surface area contributed by atoms with Crippen molar-refractivity contribution in [2.75, 3.05) is 13.3 Å². The van der Waals surface area contributed by atoms with Gasteiger partial charge < -0.3 is 0 Å². The SMILES string of the molecule is [O]CCC(CCCF)c1ccccc1. The van der Waals surface area contributed by atoms with E-state index in [0.29, 0.717) is 12.8 Å². The Morgan fingerprint density at radius 1 is 1.14 bits per heavy atom. The number of rotatable bonds is 6. The smallest absolute Gasteiger partial charge is 0.0894 e. The third kappa shape index (κ3) is 3.46. The van der Waals surface area contributed by atoms with Gasteiger partial charge in [-0.15, -0.1) is 0 Å². The molecular weight excluding hydrogens is 179 g/mol. The lowest BCUT2D eigenvalue weighted by Gasteiger charge is -2.14. The number of hydrogen-bond donors (Lipinski definition) is 0. The van der Waals surface area contributed by atoms with Crippen molar-refractivity contribution in [2.45, 2.75) is 25.2 Å². The van der Waals surface area contributed by atoms with Crippen molar-refractivity contribution in [3.8, 4) is 0 Å². The Morgan fingerprint density at radius 2 is 1.86 bits per heavy atom. The zero-order valence-electron chi connectivity index (χ0n) is 8.29. The van der Waals surface area contributed by atoms with Crippen LogP contribution in [0.5, 0.6) is 0 Å².